The van der Waals surface area contributed by atoms with Crippen molar-refractivity contribution in [2.75, 3.05) is 0 Å². The van der Waals surface area contributed by atoms with Crippen LogP contribution in [0.25, 0.3) is 67.0 Å². The van der Waals surface area contributed by atoms with Crippen LogP contribution in [0.3, 0.4) is 0 Å². The Morgan fingerprint density at radius 1 is 0.280 bits per heavy atom. The summed E-state index contributed by atoms with van der Waals surface area (Å²) in [4.78, 5) is 9.36. The average molecular weight is 645 g/mol. The molecular formula is C46H32N2O2. The van der Waals surface area contributed by atoms with E-state index in [0.29, 0.717) is 11.1 Å². The highest BCUT2D eigenvalue weighted by Gasteiger charge is 2.33. The Hall–Kier alpha value is -6.20. The lowest BCUT2D eigenvalue weighted by molar-refractivity contribution is 0.106. The van der Waals surface area contributed by atoms with Gasteiger partial charge in [0.2, 0.25) is 0 Å². The van der Waals surface area contributed by atoms with Gasteiger partial charge in [-0.1, -0.05) is 133 Å². The quantitative estimate of drug-likeness (QED) is 0.161. The maximum absolute atomic E-state index is 11.5. The number of pyridine rings is 2. The summed E-state index contributed by atoms with van der Waals surface area (Å²) in [6.45, 7) is 0. The summed E-state index contributed by atoms with van der Waals surface area (Å²) >= 11 is 0. The van der Waals surface area contributed by atoms with Crippen LogP contribution in [0, 0.1) is 0 Å². The zero-order valence-electron chi connectivity index (χ0n) is 27.1. The van der Waals surface area contributed by atoms with E-state index in [0.717, 1.165) is 44.8 Å². The van der Waals surface area contributed by atoms with Crippen LogP contribution in [0.1, 0.15) is 11.1 Å². The van der Waals surface area contributed by atoms with Gasteiger partial charge in [-0.15, -0.1) is 0 Å². The molecule has 238 valence electrons. The topological polar surface area (TPSA) is 66.2 Å². The molecule has 14 aliphatic rings. The summed E-state index contributed by atoms with van der Waals surface area (Å²) in [5, 5.41) is 23.0. The Balaban J connectivity index is 1.08. The molecule has 0 spiro atoms. The number of hydrogen-bond acceptors (Lipinski definition) is 4. The number of benzene rings is 5. The molecule has 6 heterocycles. The minimum atomic E-state index is -1.40. The molecule has 0 unspecified atom stereocenters. The molecule has 7 aromatic rings. The predicted molar refractivity (Wildman–Crippen MR) is 201 cm³/mol. The van der Waals surface area contributed by atoms with E-state index < -0.39 is 11.2 Å². The first-order valence-corrected chi connectivity index (χ1v) is 16.7. The third-order valence-electron chi connectivity index (χ3n) is 9.98. The van der Waals surface area contributed by atoms with Crippen LogP contribution >= 0.6 is 0 Å². The molecule has 4 aliphatic heterocycles. The van der Waals surface area contributed by atoms with E-state index in [9.17, 15) is 10.2 Å². The second kappa shape index (κ2) is 11.7. The lowest BCUT2D eigenvalue weighted by Gasteiger charge is -2.31. The van der Waals surface area contributed by atoms with Crippen molar-refractivity contribution < 1.29 is 10.2 Å². The maximum atomic E-state index is 11.5. The van der Waals surface area contributed by atoms with Crippen molar-refractivity contribution in [3.8, 4) is 67.0 Å². The smallest absolute Gasteiger partial charge is 0.128 e. The van der Waals surface area contributed by atoms with Crippen molar-refractivity contribution in [3.05, 3.63) is 193 Å². The molecule has 0 saturated heterocycles. The SMILES string of the molecule is OC12C=CC(O)(C=C1)c1ccc(nc1)-c1ccc(cc1)-c1ccc(cc1)-c1ccc(cc1)-c1ccc(cc1)-c1ccc(cc1)-c1ccc2cn1. The molecule has 5 aromatic carbocycles. The van der Waals surface area contributed by atoms with Crippen LogP contribution in [0.15, 0.2) is 182 Å². The fourth-order valence-corrected chi connectivity index (χ4v) is 6.84. The third kappa shape index (κ3) is 5.37. The molecular weight excluding hydrogens is 613 g/mol. The number of nitrogens with zero attached hydrogens (tertiary/aromatic N) is 2. The fourth-order valence-electron chi connectivity index (χ4n) is 6.84. The summed E-state index contributed by atoms with van der Waals surface area (Å²) in [5.41, 5.74) is 11.3. The van der Waals surface area contributed by atoms with Crippen LogP contribution in [-0.2, 0) is 11.2 Å². The van der Waals surface area contributed by atoms with Gasteiger partial charge in [-0.05, 0) is 80.9 Å². The molecule has 0 radical (unpaired) electrons. The molecule has 0 atom stereocenters. The molecule has 2 aromatic heterocycles. The second-order valence-corrected chi connectivity index (χ2v) is 13.1. The third-order valence-corrected chi connectivity index (χ3v) is 9.98. The lowest BCUT2D eigenvalue weighted by Crippen LogP contribution is -2.30. The minimum absolute atomic E-state index is 0.612. The highest BCUT2D eigenvalue weighted by molar-refractivity contribution is 5.76. The van der Waals surface area contributed by atoms with Crippen molar-refractivity contribution in [1.29, 1.82) is 0 Å². The standard InChI is InChI=1S/C46H32N2O2/c49-45-25-27-46(50,28-26-45)42-22-24-44(48-30-42)40-19-15-38(16-20-40)36-11-7-34(8-12-36)32-2-1-31(3-4-32)33-5-9-35(10-6-33)37-13-17-39(18-14-37)43-23-21-41(45)29-47-43/h1-30,49-50H. The largest absolute Gasteiger partial charge is 0.377 e. The van der Waals surface area contributed by atoms with Crippen LogP contribution in [-0.4, -0.2) is 20.2 Å². The molecule has 21 rings (SSSR count). The summed E-state index contributed by atoms with van der Waals surface area (Å²) in [7, 11) is 0. The minimum Gasteiger partial charge on any atom is -0.377 e. The average Bonchev–Trinajstić information content (AvgIpc) is 3.19. The van der Waals surface area contributed by atoms with Gasteiger partial charge in [0.1, 0.15) is 11.2 Å². The Bertz CT molecular complexity index is 2190. The van der Waals surface area contributed by atoms with E-state index in [1.807, 2.05) is 24.3 Å². The number of aliphatic hydroxyl groups is 2. The predicted octanol–water partition coefficient (Wildman–Crippen LogP) is 9.99. The van der Waals surface area contributed by atoms with E-state index in [2.05, 4.69) is 131 Å². The lowest BCUT2D eigenvalue weighted by atomic mass is 9.82. The summed E-state index contributed by atoms with van der Waals surface area (Å²) in [5.74, 6) is 0. The molecule has 0 saturated carbocycles. The van der Waals surface area contributed by atoms with Crippen LogP contribution in [0.2, 0.25) is 0 Å². The van der Waals surface area contributed by atoms with Gasteiger partial charge < -0.3 is 10.2 Å². The van der Waals surface area contributed by atoms with E-state index in [1.54, 1.807) is 36.7 Å². The number of hydrogen-bond donors (Lipinski definition) is 2. The monoisotopic (exact) mass is 644 g/mol. The van der Waals surface area contributed by atoms with Gasteiger partial charge in [0.25, 0.3) is 0 Å². The first-order valence-electron chi connectivity index (χ1n) is 16.7. The van der Waals surface area contributed by atoms with Gasteiger partial charge in [0.05, 0.1) is 11.4 Å². The zero-order valence-corrected chi connectivity index (χ0v) is 27.1. The number of rotatable bonds is 0. The molecule has 50 heavy (non-hydrogen) atoms. The van der Waals surface area contributed by atoms with E-state index >= 15 is 0 Å². The summed E-state index contributed by atoms with van der Waals surface area (Å²) < 4.78 is 0. The van der Waals surface area contributed by atoms with Gasteiger partial charge in [0, 0.05) is 34.6 Å². The zero-order chi connectivity index (χ0) is 33.7. The molecule has 16 bridgehead atoms. The van der Waals surface area contributed by atoms with Gasteiger partial charge in [-0.25, -0.2) is 0 Å². The van der Waals surface area contributed by atoms with E-state index in [1.165, 1.54) is 22.3 Å². The number of aromatic nitrogens is 2. The summed E-state index contributed by atoms with van der Waals surface area (Å²) in [6.07, 6.45) is 9.82. The van der Waals surface area contributed by atoms with Crippen LogP contribution in [0.4, 0.5) is 0 Å². The Kier molecular flexibility index (Phi) is 7.02. The highest BCUT2D eigenvalue weighted by atomic mass is 16.3. The van der Waals surface area contributed by atoms with E-state index in [-0.39, 0.29) is 0 Å². The van der Waals surface area contributed by atoms with Crippen LogP contribution in [0.5, 0.6) is 0 Å². The second-order valence-electron chi connectivity index (χ2n) is 13.1. The Labute approximate surface area is 291 Å². The summed E-state index contributed by atoms with van der Waals surface area (Å²) in [6, 6.07) is 50.4. The van der Waals surface area contributed by atoms with Crippen molar-refractivity contribution >= 4 is 0 Å². The van der Waals surface area contributed by atoms with Gasteiger partial charge in [0.15, 0.2) is 0 Å². The highest BCUT2D eigenvalue weighted by Crippen LogP contribution is 2.37. The first-order chi connectivity index (χ1) is 24.4. The van der Waals surface area contributed by atoms with Crippen molar-refractivity contribution in [3.63, 3.8) is 0 Å². The van der Waals surface area contributed by atoms with Crippen LogP contribution < -0.4 is 0 Å². The molecule has 0 amide bonds. The van der Waals surface area contributed by atoms with Crippen molar-refractivity contribution in [2.24, 2.45) is 0 Å². The molecule has 2 N–H and O–H groups in total. The fraction of sp³-hybridized carbons (Fsp3) is 0.0435. The molecule has 4 heteroatoms. The first kappa shape index (κ1) is 29.9. The van der Waals surface area contributed by atoms with Gasteiger partial charge in [-0.3, -0.25) is 9.97 Å². The Morgan fingerprint density at radius 3 is 0.700 bits per heavy atom. The van der Waals surface area contributed by atoms with Crippen molar-refractivity contribution in [2.45, 2.75) is 11.2 Å². The molecule has 0 fully saturated rings. The van der Waals surface area contributed by atoms with Gasteiger partial charge in [-0.2, -0.15) is 0 Å². The molecule has 10 aliphatic carbocycles. The maximum Gasteiger partial charge on any atom is 0.128 e. The normalized spacial score (nSPS) is 18.6. The Morgan fingerprint density at radius 2 is 0.500 bits per heavy atom. The van der Waals surface area contributed by atoms with E-state index in [4.69, 9.17) is 0 Å². The van der Waals surface area contributed by atoms with Crippen molar-refractivity contribution in [1.82, 2.24) is 9.97 Å². The molecule has 4 nitrogen and oxygen atoms in total. The van der Waals surface area contributed by atoms with Gasteiger partial charge >= 0.3 is 0 Å².